The molecule has 0 atom stereocenters. The zero-order valence-corrected chi connectivity index (χ0v) is 13.1. The van der Waals surface area contributed by atoms with E-state index in [2.05, 4.69) is 0 Å². The second-order valence-electron chi connectivity index (χ2n) is 4.48. The summed E-state index contributed by atoms with van der Waals surface area (Å²) >= 11 is 11.7. The monoisotopic (exact) mass is 329 g/mol. The molecule has 0 aliphatic rings. The van der Waals surface area contributed by atoms with Crippen LogP contribution in [0.15, 0.2) is 41.3 Å². The van der Waals surface area contributed by atoms with E-state index < -0.39 is 9.84 Å². The van der Waals surface area contributed by atoms with Gasteiger partial charge in [-0.2, -0.15) is 0 Å². The highest BCUT2D eigenvalue weighted by atomic mass is 35.5. The van der Waals surface area contributed by atoms with Crippen molar-refractivity contribution in [2.24, 2.45) is 0 Å². The van der Waals surface area contributed by atoms with Crippen molar-refractivity contribution in [2.45, 2.75) is 17.6 Å². The minimum atomic E-state index is -3.48. The molecule has 0 saturated carbocycles. The first kappa shape index (κ1) is 15.2. The molecule has 20 heavy (non-hydrogen) atoms. The van der Waals surface area contributed by atoms with E-state index in [1.165, 1.54) is 0 Å². The fourth-order valence-electron chi connectivity index (χ4n) is 1.89. The summed E-state index contributed by atoms with van der Waals surface area (Å²) in [6.07, 6.45) is 0. The summed E-state index contributed by atoms with van der Waals surface area (Å²) in [6.45, 7) is 1.69. The molecule has 3 nitrogen and oxygen atoms in total. The minimum Gasteiger partial charge on any atom is -0.398 e. The minimum absolute atomic E-state index is 0.145. The Morgan fingerprint density at radius 2 is 1.80 bits per heavy atom. The van der Waals surface area contributed by atoms with Crippen molar-refractivity contribution < 1.29 is 8.42 Å². The highest BCUT2D eigenvalue weighted by Gasteiger charge is 2.19. The van der Waals surface area contributed by atoms with Crippen LogP contribution in [0.5, 0.6) is 0 Å². The first-order valence-electron chi connectivity index (χ1n) is 5.83. The number of rotatable bonds is 3. The summed E-state index contributed by atoms with van der Waals surface area (Å²) in [6, 6.07) is 9.65. The van der Waals surface area contributed by atoms with Crippen LogP contribution in [0.3, 0.4) is 0 Å². The molecule has 0 unspecified atom stereocenters. The fourth-order valence-corrected chi connectivity index (χ4v) is 3.86. The highest BCUT2D eigenvalue weighted by molar-refractivity contribution is 7.90. The number of nitrogens with two attached hydrogens (primary N) is 1. The number of halogens is 2. The van der Waals surface area contributed by atoms with Crippen LogP contribution in [0.1, 0.15) is 11.1 Å². The number of benzene rings is 2. The third-order valence-electron chi connectivity index (χ3n) is 3.00. The molecule has 0 bridgehead atoms. The average Bonchev–Trinajstić information content (AvgIpc) is 2.36. The summed E-state index contributed by atoms with van der Waals surface area (Å²) in [4.78, 5) is 0.239. The second-order valence-corrected chi connectivity index (χ2v) is 7.25. The molecule has 0 heterocycles. The van der Waals surface area contributed by atoms with Gasteiger partial charge in [-0.1, -0.05) is 35.3 Å². The number of anilines is 1. The molecule has 106 valence electrons. The zero-order valence-electron chi connectivity index (χ0n) is 10.7. The van der Waals surface area contributed by atoms with Crippen molar-refractivity contribution in [3.63, 3.8) is 0 Å². The number of hydrogen-bond acceptors (Lipinski definition) is 3. The molecule has 0 amide bonds. The topological polar surface area (TPSA) is 60.2 Å². The van der Waals surface area contributed by atoms with E-state index in [1.807, 2.05) is 0 Å². The van der Waals surface area contributed by atoms with Crippen molar-refractivity contribution in [1.82, 2.24) is 0 Å². The maximum Gasteiger partial charge on any atom is 0.182 e. The predicted molar refractivity (Wildman–Crippen MR) is 82.9 cm³/mol. The lowest BCUT2D eigenvalue weighted by atomic mass is 10.2. The van der Waals surface area contributed by atoms with Crippen molar-refractivity contribution >= 4 is 38.7 Å². The molecule has 0 radical (unpaired) electrons. The van der Waals surface area contributed by atoms with Gasteiger partial charge in [0.05, 0.1) is 20.7 Å². The van der Waals surface area contributed by atoms with Crippen LogP contribution in [0.2, 0.25) is 10.0 Å². The van der Waals surface area contributed by atoms with Gasteiger partial charge < -0.3 is 5.73 Å². The highest BCUT2D eigenvalue weighted by Crippen LogP contribution is 2.27. The number of sulfone groups is 1. The fraction of sp³-hybridized carbons (Fsp3) is 0.143. The van der Waals surface area contributed by atoms with Crippen LogP contribution in [-0.4, -0.2) is 8.42 Å². The Morgan fingerprint density at radius 3 is 2.45 bits per heavy atom. The SMILES string of the molecule is Cc1c(N)cccc1S(=O)(=O)Cc1ccc(Cl)c(Cl)c1. The van der Waals surface area contributed by atoms with Crippen molar-refractivity contribution in [1.29, 1.82) is 0 Å². The lowest BCUT2D eigenvalue weighted by Crippen LogP contribution is -2.08. The molecule has 0 aliphatic carbocycles. The normalized spacial score (nSPS) is 11.6. The quantitative estimate of drug-likeness (QED) is 0.870. The molecular formula is C14H13Cl2NO2S. The lowest BCUT2D eigenvalue weighted by Gasteiger charge is -2.10. The van der Waals surface area contributed by atoms with Gasteiger partial charge >= 0.3 is 0 Å². The van der Waals surface area contributed by atoms with Gasteiger partial charge in [0.1, 0.15) is 0 Å². The van der Waals surface area contributed by atoms with Gasteiger partial charge in [0.15, 0.2) is 9.84 Å². The van der Waals surface area contributed by atoms with Crippen LogP contribution < -0.4 is 5.73 Å². The Bertz CT molecular complexity index is 758. The van der Waals surface area contributed by atoms with Gasteiger partial charge in [-0.3, -0.25) is 0 Å². The average molecular weight is 330 g/mol. The van der Waals surface area contributed by atoms with E-state index in [0.717, 1.165) is 0 Å². The Labute approximate surface area is 128 Å². The summed E-state index contributed by atoms with van der Waals surface area (Å²) in [7, 11) is -3.48. The van der Waals surface area contributed by atoms with Crippen molar-refractivity contribution in [2.75, 3.05) is 5.73 Å². The molecular weight excluding hydrogens is 317 g/mol. The van der Waals surface area contributed by atoms with Gasteiger partial charge in [0.2, 0.25) is 0 Å². The number of hydrogen-bond donors (Lipinski definition) is 1. The first-order valence-corrected chi connectivity index (χ1v) is 8.24. The van der Waals surface area contributed by atoms with E-state index in [9.17, 15) is 8.42 Å². The predicted octanol–water partition coefficient (Wildman–Crippen LogP) is 3.86. The zero-order chi connectivity index (χ0) is 14.9. The van der Waals surface area contributed by atoms with Crippen LogP contribution in [-0.2, 0) is 15.6 Å². The maximum absolute atomic E-state index is 12.4. The van der Waals surface area contributed by atoms with Crippen molar-refractivity contribution in [3.8, 4) is 0 Å². The van der Waals surface area contributed by atoms with Crippen LogP contribution in [0.4, 0.5) is 5.69 Å². The van der Waals surface area contributed by atoms with Crippen molar-refractivity contribution in [3.05, 3.63) is 57.6 Å². The van der Waals surface area contributed by atoms with E-state index in [1.54, 1.807) is 43.3 Å². The molecule has 2 aromatic carbocycles. The van der Waals surface area contributed by atoms with Crippen LogP contribution in [0.25, 0.3) is 0 Å². The summed E-state index contributed by atoms with van der Waals surface area (Å²) in [5, 5.41) is 0.733. The molecule has 6 heteroatoms. The summed E-state index contributed by atoms with van der Waals surface area (Å²) in [5.41, 5.74) is 7.36. The molecule has 0 spiro atoms. The van der Waals surface area contributed by atoms with Gasteiger partial charge in [0.25, 0.3) is 0 Å². The smallest absolute Gasteiger partial charge is 0.182 e. The van der Waals surface area contributed by atoms with E-state index >= 15 is 0 Å². The second kappa shape index (κ2) is 5.64. The lowest BCUT2D eigenvalue weighted by molar-refractivity contribution is 0.594. The Balaban J connectivity index is 2.41. The number of nitrogen functional groups attached to an aromatic ring is 1. The largest absolute Gasteiger partial charge is 0.398 e. The molecule has 0 aliphatic heterocycles. The van der Waals surface area contributed by atoms with Gasteiger partial charge in [-0.05, 0) is 42.3 Å². The molecule has 2 N–H and O–H groups in total. The van der Waals surface area contributed by atoms with Crippen LogP contribution in [0, 0.1) is 6.92 Å². The molecule has 0 fully saturated rings. The molecule has 0 aromatic heterocycles. The van der Waals surface area contributed by atoms with E-state index in [0.29, 0.717) is 26.9 Å². The van der Waals surface area contributed by atoms with Crippen LogP contribution >= 0.6 is 23.2 Å². The molecule has 0 saturated heterocycles. The molecule has 2 aromatic rings. The Morgan fingerprint density at radius 1 is 1.10 bits per heavy atom. The third kappa shape index (κ3) is 3.08. The third-order valence-corrected chi connectivity index (χ3v) is 5.57. The van der Waals surface area contributed by atoms with Gasteiger partial charge in [-0.15, -0.1) is 0 Å². The molecule has 2 rings (SSSR count). The van der Waals surface area contributed by atoms with E-state index in [4.69, 9.17) is 28.9 Å². The van der Waals surface area contributed by atoms with Gasteiger partial charge in [0, 0.05) is 5.69 Å². The summed E-state index contributed by atoms with van der Waals surface area (Å²) in [5.74, 6) is -0.145. The van der Waals surface area contributed by atoms with Gasteiger partial charge in [-0.25, -0.2) is 8.42 Å². The Hall–Kier alpha value is -1.23. The first-order chi connectivity index (χ1) is 9.31. The Kier molecular flexibility index (Phi) is 4.28. The van der Waals surface area contributed by atoms with E-state index in [-0.39, 0.29) is 10.6 Å². The maximum atomic E-state index is 12.4. The standard InChI is InChI=1S/C14H13Cl2NO2S/c1-9-13(17)3-2-4-14(9)20(18,19)8-10-5-6-11(15)12(16)7-10/h2-7H,8,17H2,1H3. The summed E-state index contributed by atoms with van der Waals surface area (Å²) < 4.78 is 24.9.